The van der Waals surface area contributed by atoms with Crippen molar-refractivity contribution in [2.45, 2.75) is 10.6 Å². The summed E-state index contributed by atoms with van der Waals surface area (Å²) in [6, 6.07) is 8.49. The number of nitrogens with two attached hydrogens (primary N) is 1. The third-order valence-electron chi connectivity index (χ3n) is 2.62. The lowest BCUT2D eigenvalue weighted by molar-refractivity contribution is 0.566. The van der Waals surface area contributed by atoms with Gasteiger partial charge >= 0.3 is 0 Å². The van der Waals surface area contributed by atoms with E-state index in [1.54, 1.807) is 0 Å². The van der Waals surface area contributed by atoms with Crippen LogP contribution in [0.3, 0.4) is 0 Å². The molecule has 0 aromatic heterocycles. The molecule has 0 aliphatic heterocycles. The summed E-state index contributed by atoms with van der Waals surface area (Å²) in [5.41, 5.74) is 5.86. The summed E-state index contributed by atoms with van der Waals surface area (Å²) in [4.78, 5) is -0.418. The monoisotopic (exact) mass is 283 g/mol. The van der Waals surface area contributed by atoms with Crippen molar-refractivity contribution in [2.24, 2.45) is 0 Å². The molecule has 0 saturated carbocycles. The molecule has 2 rings (SSSR count). The van der Waals surface area contributed by atoms with Crippen molar-refractivity contribution in [2.75, 3.05) is 5.73 Å². The van der Waals surface area contributed by atoms with Gasteiger partial charge in [-0.1, -0.05) is 12.1 Å². The maximum atomic E-state index is 13.5. The molecule has 0 aliphatic rings. The van der Waals surface area contributed by atoms with Crippen LogP contribution in [-0.2, 0) is 15.6 Å². The van der Waals surface area contributed by atoms with Crippen molar-refractivity contribution in [1.29, 1.82) is 0 Å². The molecule has 100 valence electrons. The highest BCUT2D eigenvalue weighted by Crippen LogP contribution is 2.22. The van der Waals surface area contributed by atoms with Gasteiger partial charge in [0.05, 0.1) is 5.75 Å². The van der Waals surface area contributed by atoms with Crippen molar-refractivity contribution >= 4 is 15.5 Å². The lowest BCUT2D eigenvalue weighted by Gasteiger charge is -2.08. The number of benzene rings is 2. The Labute approximate surface area is 109 Å². The first kappa shape index (κ1) is 13.5. The molecule has 0 heterocycles. The van der Waals surface area contributed by atoms with Crippen molar-refractivity contribution in [3.05, 3.63) is 59.7 Å². The van der Waals surface area contributed by atoms with Gasteiger partial charge in [0, 0.05) is 5.69 Å². The Balaban J connectivity index is 2.43. The van der Waals surface area contributed by atoms with E-state index in [1.165, 1.54) is 24.3 Å². The fourth-order valence-corrected chi connectivity index (χ4v) is 3.14. The van der Waals surface area contributed by atoms with Crippen LogP contribution >= 0.6 is 0 Å². The molecule has 19 heavy (non-hydrogen) atoms. The highest BCUT2D eigenvalue weighted by molar-refractivity contribution is 7.90. The number of hydrogen-bond acceptors (Lipinski definition) is 3. The predicted octanol–water partition coefficient (Wildman–Crippen LogP) is 2.52. The first-order chi connectivity index (χ1) is 8.90. The summed E-state index contributed by atoms with van der Waals surface area (Å²) in [7, 11) is -3.90. The maximum Gasteiger partial charge on any atom is 0.185 e. The first-order valence-corrected chi connectivity index (χ1v) is 7.06. The summed E-state index contributed by atoms with van der Waals surface area (Å²) in [6.07, 6.45) is 0. The molecule has 0 aliphatic carbocycles. The molecule has 0 atom stereocenters. The second-order valence-corrected chi connectivity index (χ2v) is 5.99. The van der Waals surface area contributed by atoms with Crippen LogP contribution in [0.1, 0.15) is 5.56 Å². The van der Waals surface area contributed by atoms with Gasteiger partial charge in [-0.25, -0.2) is 17.2 Å². The van der Waals surface area contributed by atoms with Gasteiger partial charge in [0.25, 0.3) is 0 Å². The average molecular weight is 283 g/mol. The van der Waals surface area contributed by atoms with Gasteiger partial charge in [0.15, 0.2) is 9.84 Å². The van der Waals surface area contributed by atoms with E-state index in [4.69, 9.17) is 5.73 Å². The molecule has 0 saturated heterocycles. The Bertz CT molecular complexity index is 714. The van der Waals surface area contributed by atoms with E-state index >= 15 is 0 Å². The smallest absolute Gasteiger partial charge is 0.185 e. The SMILES string of the molecule is Nc1ccc(F)cc1CS(=O)(=O)c1ccccc1F. The predicted molar refractivity (Wildman–Crippen MR) is 68.1 cm³/mol. The first-order valence-electron chi connectivity index (χ1n) is 5.41. The second kappa shape index (κ2) is 4.97. The fraction of sp³-hybridized carbons (Fsp3) is 0.0769. The summed E-state index contributed by atoms with van der Waals surface area (Å²) >= 11 is 0. The molecule has 0 amide bonds. The van der Waals surface area contributed by atoms with Gasteiger partial charge in [0.1, 0.15) is 16.5 Å². The number of halogens is 2. The summed E-state index contributed by atoms with van der Waals surface area (Å²) in [5.74, 6) is -1.97. The normalized spacial score (nSPS) is 11.5. The molecule has 0 bridgehead atoms. The molecule has 2 aromatic carbocycles. The van der Waals surface area contributed by atoms with Crippen LogP contribution < -0.4 is 5.73 Å². The van der Waals surface area contributed by atoms with E-state index in [9.17, 15) is 17.2 Å². The van der Waals surface area contributed by atoms with E-state index < -0.39 is 32.1 Å². The van der Waals surface area contributed by atoms with Crippen LogP contribution in [0.2, 0.25) is 0 Å². The fourth-order valence-electron chi connectivity index (χ4n) is 1.68. The van der Waals surface area contributed by atoms with E-state index in [0.717, 1.165) is 18.2 Å². The van der Waals surface area contributed by atoms with Gasteiger partial charge in [0.2, 0.25) is 0 Å². The Morgan fingerprint density at radius 3 is 2.42 bits per heavy atom. The lowest BCUT2D eigenvalue weighted by Crippen LogP contribution is -2.09. The molecule has 0 spiro atoms. The van der Waals surface area contributed by atoms with Gasteiger partial charge < -0.3 is 5.73 Å². The van der Waals surface area contributed by atoms with Crippen LogP contribution in [-0.4, -0.2) is 8.42 Å². The van der Waals surface area contributed by atoms with Gasteiger partial charge in [-0.15, -0.1) is 0 Å². The van der Waals surface area contributed by atoms with E-state index in [0.29, 0.717) is 0 Å². The van der Waals surface area contributed by atoms with Crippen molar-refractivity contribution in [3.8, 4) is 0 Å². The minimum atomic E-state index is -3.90. The Hall–Kier alpha value is -1.95. The molecule has 2 aromatic rings. The maximum absolute atomic E-state index is 13.5. The highest BCUT2D eigenvalue weighted by Gasteiger charge is 2.20. The van der Waals surface area contributed by atoms with Gasteiger partial charge in [-0.05, 0) is 35.9 Å². The van der Waals surface area contributed by atoms with Crippen LogP contribution in [0.4, 0.5) is 14.5 Å². The van der Waals surface area contributed by atoms with Gasteiger partial charge in [-0.3, -0.25) is 0 Å². The molecule has 3 nitrogen and oxygen atoms in total. The van der Waals surface area contributed by atoms with Crippen molar-refractivity contribution in [3.63, 3.8) is 0 Å². The summed E-state index contributed by atoms with van der Waals surface area (Å²) in [5, 5.41) is 0. The Kier molecular flexibility index (Phi) is 3.53. The third kappa shape index (κ3) is 2.90. The highest BCUT2D eigenvalue weighted by atomic mass is 32.2. The molecule has 2 N–H and O–H groups in total. The van der Waals surface area contributed by atoms with E-state index in [1.807, 2.05) is 0 Å². The zero-order valence-corrected chi connectivity index (χ0v) is 10.6. The standard InChI is InChI=1S/C13H11F2NO2S/c14-10-5-6-12(16)9(7-10)8-19(17,18)13-4-2-1-3-11(13)15/h1-7H,8,16H2. The molecule has 6 heteroatoms. The number of hydrogen-bond donors (Lipinski definition) is 1. The Morgan fingerprint density at radius 1 is 1.05 bits per heavy atom. The lowest BCUT2D eigenvalue weighted by atomic mass is 10.2. The third-order valence-corrected chi connectivity index (χ3v) is 4.31. The molecule has 0 radical (unpaired) electrons. The van der Waals surface area contributed by atoms with Crippen LogP contribution in [0.15, 0.2) is 47.4 Å². The van der Waals surface area contributed by atoms with Crippen molar-refractivity contribution < 1.29 is 17.2 Å². The number of sulfone groups is 1. The Morgan fingerprint density at radius 2 is 1.74 bits per heavy atom. The van der Waals surface area contributed by atoms with Crippen LogP contribution in [0, 0.1) is 11.6 Å². The number of rotatable bonds is 3. The number of anilines is 1. The molecular formula is C13H11F2NO2S. The summed E-state index contributed by atoms with van der Waals surface area (Å²) in [6.45, 7) is 0. The largest absolute Gasteiger partial charge is 0.398 e. The summed E-state index contributed by atoms with van der Waals surface area (Å²) < 4.78 is 50.7. The van der Waals surface area contributed by atoms with Crippen LogP contribution in [0.25, 0.3) is 0 Å². The molecule has 0 fully saturated rings. The second-order valence-electron chi connectivity index (χ2n) is 4.03. The van der Waals surface area contributed by atoms with E-state index in [2.05, 4.69) is 0 Å². The minimum Gasteiger partial charge on any atom is -0.398 e. The van der Waals surface area contributed by atoms with E-state index in [-0.39, 0.29) is 11.3 Å². The number of nitrogen functional groups attached to an aromatic ring is 1. The quantitative estimate of drug-likeness (QED) is 0.880. The average Bonchev–Trinajstić information content (AvgIpc) is 2.34. The minimum absolute atomic E-state index is 0.114. The topological polar surface area (TPSA) is 60.2 Å². The zero-order chi connectivity index (χ0) is 14.0. The molecule has 0 unspecified atom stereocenters. The van der Waals surface area contributed by atoms with Crippen LogP contribution in [0.5, 0.6) is 0 Å². The zero-order valence-electron chi connectivity index (χ0n) is 9.81. The van der Waals surface area contributed by atoms with Gasteiger partial charge in [-0.2, -0.15) is 0 Å². The van der Waals surface area contributed by atoms with Crippen molar-refractivity contribution in [1.82, 2.24) is 0 Å². The molecular weight excluding hydrogens is 272 g/mol.